The van der Waals surface area contributed by atoms with Crippen molar-refractivity contribution in [1.82, 2.24) is 14.9 Å². The minimum Gasteiger partial charge on any atom is -0.358 e. The molecule has 1 fully saturated rings. The van der Waals surface area contributed by atoms with Gasteiger partial charge in [-0.3, -0.25) is 0 Å². The van der Waals surface area contributed by atoms with E-state index in [4.69, 9.17) is 5.73 Å². The normalized spacial score (nSPS) is 18.4. The minimum atomic E-state index is 0.132. The summed E-state index contributed by atoms with van der Waals surface area (Å²) in [7, 11) is 4.17. The van der Waals surface area contributed by atoms with Crippen LogP contribution in [0.4, 0.5) is 11.6 Å². The zero-order chi connectivity index (χ0) is 13.8. The maximum Gasteiger partial charge on any atom is 0.134 e. The van der Waals surface area contributed by atoms with Crippen LogP contribution in [0.5, 0.6) is 0 Å². The molecule has 1 saturated heterocycles. The highest BCUT2D eigenvalue weighted by Crippen LogP contribution is 2.17. The van der Waals surface area contributed by atoms with Crippen molar-refractivity contribution in [1.29, 1.82) is 0 Å². The van der Waals surface area contributed by atoms with Gasteiger partial charge >= 0.3 is 0 Å². The molecular weight excluding hydrogens is 240 g/mol. The first-order valence-electron chi connectivity index (χ1n) is 6.78. The van der Waals surface area contributed by atoms with Crippen LogP contribution in [-0.2, 0) is 0 Å². The van der Waals surface area contributed by atoms with Crippen LogP contribution in [-0.4, -0.2) is 67.7 Å². The van der Waals surface area contributed by atoms with Gasteiger partial charge in [-0.15, -0.1) is 0 Å². The molecule has 0 aromatic carbocycles. The highest BCUT2D eigenvalue weighted by molar-refractivity contribution is 5.50. The number of rotatable bonds is 4. The van der Waals surface area contributed by atoms with Gasteiger partial charge in [-0.1, -0.05) is 0 Å². The van der Waals surface area contributed by atoms with Crippen molar-refractivity contribution in [2.45, 2.75) is 13.0 Å². The summed E-state index contributed by atoms with van der Waals surface area (Å²) in [5, 5.41) is 0. The first-order valence-corrected chi connectivity index (χ1v) is 6.78. The van der Waals surface area contributed by atoms with Crippen LogP contribution in [0.3, 0.4) is 0 Å². The molecule has 1 aromatic heterocycles. The van der Waals surface area contributed by atoms with Crippen LogP contribution in [0.1, 0.15) is 6.92 Å². The SMILES string of the molecule is CC(N)CN(C)c1cc(N2CCN(C)CC2)ncn1. The number of anilines is 2. The first-order chi connectivity index (χ1) is 9.06. The predicted octanol–water partition coefficient (Wildman–Crippen LogP) is 0.0118. The zero-order valence-corrected chi connectivity index (χ0v) is 12.1. The molecule has 106 valence electrons. The molecule has 0 spiro atoms. The summed E-state index contributed by atoms with van der Waals surface area (Å²) in [5.41, 5.74) is 5.83. The monoisotopic (exact) mass is 264 g/mol. The Morgan fingerprint density at radius 2 is 2.00 bits per heavy atom. The van der Waals surface area contributed by atoms with E-state index < -0.39 is 0 Å². The Morgan fingerprint density at radius 1 is 1.32 bits per heavy atom. The van der Waals surface area contributed by atoms with Gasteiger partial charge in [-0.2, -0.15) is 0 Å². The molecule has 0 saturated carbocycles. The van der Waals surface area contributed by atoms with Crippen LogP contribution in [0.15, 0.2) is 12.4 Å². The Labute approximate surface area is 115 Å². The van der Waals surface area contributed by atoms with E-state index in [1.54, 1.807) is 6.33 Å². The second-order valence-electron chi connectivity index (χ2n) is 5.38. The molecule has 0 amide bonds. The van der Waals surface area contributed by atoms with E-state index >= 15 is 0 Å². The summed E-state index contributed by atoms with van der Waals surface area (Å²) in [6.07, 6.45) is 1.64. The van der Waals surface area contributed by atoms with E-state index in [2.05, 4.69) is 31.7 Å². The molecule has 6 heteroatoms. The second kappa shape index (κ2) is 6.16. The van der Waals surface area contributed by atoms with E-state index in [0.717, 1.165) is 44.4 Å². The van der Waals surface area contributed by atoms with Crippen LogP contribution < -0.4 is 15.5 Å². The summed E-state index contributed by atoms with van der Waals surface area (Å²) in [4.78, 5) is 15.4. The lowest BCUT2D eigenvalue weighted by atomic mass is 10.3. The Bertz CT molecular complexity index is 400. The number of piperazine rings is 1. The largest absolute Gasteiger partial charge is 0.358 e. The smallest absolute Gasteiger partial charge is 0.134 e. The van der Waals surface area contributed by atoms with Crippen molar-refractivity contribution in [2.75, 3.05) is 56.6 Å². The van der Waals surface area contributed by atoms with Gasteiger partial charge in [0.05, 0.1) is 0 Å². The van der Waals surface area contributed by atoms with Crippen LogP contribution in [0.25, 0.3) is 0 Å². The Morgan fingerprint density at radius 3 is 2.63 bits per heavy atom. The van der Waals surface area contributed by atoms with Crippen molar-refractivity contribution in [3.05, 3.63) is 12.4 Å². The molecule has 1 aliphatic rings. The van der Waals surface area contributed by atoms with Gasteiger partial charge in [0, 0.05) is 51.9 Å². The third kappa shape index (κ3) is 3.78. The number of nitrogens with zero attached hydrogens (tertiary/aromatic N) is 5. The number of hydrogen-bond donors (Lipinski definition) is 1. The van der Waals surface area contributed by atoms with Crippen LogP contribution in [0, 0.1) is 0 Å². The minimum absolute atomic E-state index is 0.132. The van der Waals surface area contributed by atoms with E-state index in [9.17, 15) is 0 Å². The molecule has 1 aromatic rings. The van der Waals surface area contributed by atoms with Gasteiger partial charge in [-0.05, 0) is 14.0 Å². The lowest BCUT2D eigenvalue weighted by Gasteiger charge is -2.33. The van der Waals surface area contributed by atoms with Crippen molar-refractivity contribution in [3.8, 4) is 0 Å². The van der Waals surface area contributed by atoms with Crippen molar-refractivity contribution in [2.24, 2.45) is 5.73 Å². The molecule has 2 rings (SSSR count). The van der Waals surface area contributed by atoms with Gasteiger partial charge in [0.25, 0.3) is 0 Å². The van der Waals surface area contributed by atoms with Gasteiger partial charge in [0.2, 0.25) is 0 Å². The topological polar surface area (TPSA) is 61.5 Å². The maximum atomic E-state index is 5.83. The Balaban J connectivity index is 2.06. The molecule has 2 heterocycles. The number of nitrogens with two attached hydrogens (primary N) is 1. The quantitative estimate of drug-likeness (QED) is 0.827. The molecule has 19 heavy (non-hydrogen) atoms. The molecule has 0 radical (unpaired) electrons. The highest BCUT2D eigenvalue weighted by atomic mass is 15.3. The Hall–Kier alpha value is -1.40. The summed E-state index contributed by atoms with van der Waals surface area (Å²) >= 11 is 0. The molecule has 1 aliphatic heterocycles. The Kier molecular flexibility index (Phi) is 4.55. The van der Waals surface area contributed by atoms with E-state index in [1.807, 2.05) is 20.0 Å². The summed E-state index contributed by atoms with van der Waals surface area (Å²) in [6.45, 7) is 6.98. The molecule has 1 atom stereocenters. The zero-order valence-electron chi connectivity index (χ0n) is 12.1. The maximum absolute atomic E-state index is 5.83. The van der Waals surface area contributed by atoms with Gasteiger partial charge in [0.1, 0.15) is 18.0 Å². The third-order valence-corrected chi connectivity index (χ3v) is 3.42. The molecule has 1 unspecified atom stereocenters. The number of likely N-dealkylation sites (N-methyl/N-ethyl adjacent to an activating group) is 2. The van der Waals surface area contributed by atoms with E-state index in [-0.39, 0.29) is 6.04 Å². The molecule has 0 bridgehead atoms. The molecule has 0 aliphatic carbocycles. The van der Waals surface area contributed by atoms with Crippen molar-refractivity contribution in [3.63, 3.8) is 0 Å². The van der Waals surface area contributed by atoms with Crippen molar-refractivity contribution >= 4 is 11.6 Å². The number of aromatic nitrogens is 2. The fourth-order valence-corrected chi connectivity index (χ4v) is 2.28. The summed E-state index contributed by atoms with van der Waals surface area (Å²) < 4.78 is 0. The molecular formula is C13H24N6. The summed E-state index contributed by atoms with van der Waals surface area (Å²) in [6, 6.07) is 2.18. The van der Waals surface area contributed by atoms with Gasteiger partial charge < -0.3 is 20.4 Å². The first kappa shape index (κ1) is 14.0. The third-order valence-electron chi connectivity index (χ3n) is 3.42. The molecule has 2 N–H and O–H groups in total. The lowest BCUT2D eigenvalue weighted by Crippen LogP contribution is -2.45. The average Bonchev–Trinajstić information content (AvgIpc) is 2.39. The summed E-state index contributed by atoms with van der Waals surface area (Å²) in [5.74, 6) is 1.94. The van der Waals surface area contributed by atoms with Gasteiger partial charge in [-0.25, -0.2) is 9.97 Å². The fraction of sp³-hybridized carbons (Fsp3) is 0.692. The average molecular weight is 264 g/mol. The standard InChI is InChI=1S/C13H24N6/c1-11(14)9-18(3)12-8-13(16-10-15-12)19-6-4-17(2)5-7-19/h8,10-11H,4-7,9,14H2,1-3H3. The van der Waals surface area contributed by atoms with Gasteiger partial charge in [0.15, 0.2) is 0 Å². The predicted molar refractivity (Wildman–Crippen MR) is 78.7 cm³/mol. The van der Waals surface area contributed by atoms with E-state index in [1.165, 1.54) is 0 Å². The van der Waals surface area contributed by atoms with Crippen molar-refractivity contribution < 1.29 is 0 Å². The second-order valence-corrected chi connectivity index (χ2v) is 5.38. The molecule has 6 nitrogen and oxygen atoms in total. The highest BCUT2D eigenvalue weighted by Gasteiger charge is 2.16. The van der Waals surface area contributed by atoms with Crippen LogP contribution in [0.2, 0.25) is 0 Å². The lowest BCUT2D eigenvalue weighted by molar-refractivity contribution is 0.312. The van der Waals surface area contributed by atoms with Crippen LogP contribution >= 0.6 is 0 Å². The fourth-order valence-electron chi connectivity index (χ4n) is 2.28. The number of hydrogen-bond acceptors (Lipinski definition) is 6. The van der Waals surface area contributed by atoms with E-state index in [0.29, 0.717) is 0 Å².